The summed E-state index contributed by atoms with van der Waals surface area (Å²) in [6.45, 7) is 6.68. The molecule has 0 saturated heterocycles. The Morgan fingerprint density at radius 3 is 2.79 bits per heavy atom. The van der Waals surface area contributed by atoms with E-state index < -0.39 is 0 Å². The van der Waals surface area contributed by atoms with E-state index in [0.717, 1.165) is 11.7 Å². The van der Waals surface area contributed by atoms with E-state index in [0.29, 0.717) is 6.04 Å². The van der Waals surface area contributed by atoms with Gasteiger partial charge >= 0.3 is 0 Å². The third kappa shape index (κ3) is 3.73. The van der Waals surface area contributed by atoms with Crippen molar-refractivity contribution < 1.29 is 0 Å². The molecule has 14 heavy (non-hydrogen) atoms. The zero-order valence-corrected chi connectivity index (χ0v) is 9.20. The molecule has 1 aromatic rings. The second kappa shape index (κ2) is 5.58. The quantitative estimate of drug-likeness (QED) is 0.781. The maximum absolute atomic E-state index is 3.99. The first-order valence-corrected chi connectivity index (χ1v) is 5.26. The van der Waals surface area contributed by atoms with E-state index >= 15 is 0 Å². The fourth-order valence-corrected chi connectivity index (χ4v) is 1.46. The van der Waals surface area contributed by atoms with Crippen molar-refractivity contribution in [3.63, 3.8) is 0 Å². The first kappa shape index (κ1) is 11.0. The molecule has 2 atom stereocenters. The van der Waals surface area contributed by atoms with Crippen molar-refractivity contribution in [1.82, 2.24) is 10.2 Å². The zero-order chi connectivity index (χ0) is 10.4. The van der Waals surface area contributed by atoms with Gasteiger partial charge in [-0.15, -0.1) is 5.10 Å². The van der Waals surface area contributed by atoms with Crippen LogP contribution in [0.1, 0.15) is 33.6 Å². The van der Waals surface area contributed by atoms with Gasteiger partial charge in [0.05, 0.1) is 0 Å². The summed E-state index contributed by atoms with van der Waals surface area (Å²) in [5.41, 5.74) is 0. The number of nitrogens with one attached hydrogen (secondary N) is 1. The van der Waals surface area contributed by atoms with Crippen molar-refractivity contribution in [3.8, 4) is 0 Å². The Morgan fingerprint density at radius 1 is 1.43 bits per heavy atom. The van der Waals surface area contributed by atoms with E-state index in [4.69, 9.17) is 0 Å². The lowest BCUT2D eigenvalue weighted by atomic mass is 10.0. The van der Waals surface area contributed by atoms with Crippen LogP contribution < -0.4 is 5.32 Å². The second-order valence-corrected chi connectivity index (χ2v) is 3.90. The Morgan fingerprint density at radius 2 is 2.21 bits per heavy atom. The molecule has 1 rings (SSSR count). The van der Waals surface area contributed by atoms with Crippen molar-refractivity contribution in [2.24, 2.45) is 5.92 Å². The number of hydrogen-bond donors (Lipinski definition) is 1. The molecule has 0 saturated carbocycles. The van der Waals surface area contributed by atoms with E-state index in [-0.39, 0.29) is 0 Å². The molecule has 78 valence electrons. The monoisotopic (exact) mass is 193 g/mol. The number of hydrogen-bond acceptors (Lipinski definition) is 3. The van der Waals surface area contributed by atoms with Gasteiger partial charge < -0.3 is 5.32 Å². The molecule has 0 aliphatic heterocycles. The maximum Gasteiger partial charge on any atom is 0.148 e. The third-order valence-electron chi connectivity index (χ3n) is 2.42. The van der Waals surface area contributed by atoms with Crippen molar-refractivity contribution >= 4 is 5.82 Å². The molecular weight excluding hydrogens is 174 g/mol. The zero-order valence-electron chi connectivity index (χ0n) is 9.20. The first-order valence-electron chi connectivity index (χ1n) is 5.26. The van der Waals surface area contributed by atoms with E-state index in [9.17, 15) is 0 Å². The van der Waals surface area contributed by atoms with Gasteiger partial charge in [0.1, 0.15) is 5.82 Å². The highest BCUT2D eigenvalue weighted by molar-refractivity contribution is 5.32. The molecule has 0 bridgehead atoms. The Balaban J connectivity index is 2.37. The SMILES string of the molecule is CCC(C)CC(C)Nc1cccnn1. The third-order valence-corrected chi connectivity index (χ3v) is 2.42. The van der Waals surface area contributed by atoms with Gasteiger partial charge in [0.2, 0.25) is 0 Å². The standard InChI is InChI=1S/C11H19N3/c1-4-9(2)8-10(3)13-11-6-5-7-12-14-11/h5-7,9-10H,4,8H2,1-3H3,(H,13,14). The molecule has 1 N–H and O–H groups in total. The number of anilines is 1. The lowest BCUT2D eigenvalue weighted by Gasteiger charge is -2.17. The van der Waals surface area contributed by atoms with E-state index in [2.05, 4.69) is 36.3 Å². The van der Waals surface area contributed by atoms with Gasteiger partial charge in [-0.2, -0.15) is 5.10 Å². The molecule has 1 aromatic heterocycles. The fourth-order valence-electron chi connectivity index (χ4n) is 1.46. The molecule has 0 amide bonds. The average molecular weight is 193 g/mol. The summed E-state index contributed by atoms with van der Waals surface area (Å²) < 4.78 is 0. The normalized spacial score (nSPS) is 14.8. The molecule has 0 fully saturated rings. The molecule has 3 heteroatoms. The number of rotatable bonds is 5. The van der Waals surface area contributed by atoms with Crippen LogP contribution in [-0.4, -0.2) is 16.2 Å². The van der Waals surface area contributed by atoms with Crippen LogP contribution in [0.15, 0.2) is 18.3 Å². The Labute approximate surface area is 85.9 Å². The number of nitrogens with zero attached hydrogens (tertiary/aromatic N) is 2. The van der Waals surface area contributed by atoms with Gasteiger partial charge in [-0.25, -0.2) is 0 Å². The van der Waals surface area contributed by atoms with Gasteiger partial charge in [0.15, 0.2) is 0 Å². The second-order valence-electron chi connectivity index (χ2n) is 3.90. The molecule has 0 radical (unpaired) electrons. The topological polar surface area (TPSA) is 37.8 Å². The van der Waals surface area contributed by atoms with Crippen molar-refractivity contribution in [1.29, 1.82) is 0 Å². The number of aromatic nitrogens is 2. The summed E-state index contributed by atoms with van der Waals surface area (Å²) in [4.78, 5) is 0. The van der Waals surface area contributed by atoms with Crippen LogP contribution in [-0.2, 0) is 0 Å². The van der Waals surface area contributed by atoms with Crippen LogP contribution >= 0.6 is 0 Å². The van der Waals surface area contributed by atoms with Crippen LogP contribution in [0.3, 0.4) is 0 Å². The first-order chi connectivity index (χ1) is 6.72. The van der Waals surface area contributed by atoms with Crippen LogP contribution in [0.2, 0.25) is 0 Å². The van der Waals surface area contributed by atoms with Gasteiger partial charge in [-0.05, 0) is 31.4 Å². The summed E-state index contributed by atoms with van der Waals surface area (Å²) in [5, 5.41) is 11.1. The molecular formula is C11H19N3. The smallest absolute Gasteiger partial charge is 0.148 e. The summed E-state index contributed by atoms with van der Waals surface area (Å²) in [7, 11) is 0. The molecule has 0 aliphatic rings. The predicted octanol–water partition coefficient (Wildman–Crippen LogP) is 2.71. The lowest BCUT2D eigenvalue weighted by Crippen LogP contribution is -2.19. The minimum Gasteiger partial charge on any atom is -0.366 e. The van der Waals surface area contributed by atoms with Crippen LogP contribution in [0.25, 0.3) is 0 Å². The summed E-state index contributed by atoms with van der Waals surface area (Å²) in [5.74, 6) is 1.62. The maximum atomic E-state index is 3.99. The van der Waals surface area contributed by atoms with Gasteiger partial charge in [-0.1, -0.05) is 20.3 Å². The molecule has 2 unspecified atom stereocenters. The summed E-state index contributed by atoms with van der Waals surface area (Å²) in [6, 6.07) is 4.30. The highest BCUT2D eigenvalue weighted by atomic mass is 15.2. The highest BCUT2D eigenvalue weighted by Crippen LogP contribution is 2.12. The van der Waals surface area contributed by atoms with E-state index in [1.54, 1.807) is 6.20 Å². The summed E-state index contributed by atoms with van der Waals surface area (Å²) in [6.07, 6.45) is 4.09. The van der Waals surface area contributed by atoms with Crippen molar-refractivity contribution in [2.75, 3.05) is 5.32 Å². The van der Waals surface area contributed by atoms with Gasteiger partial charge in [-0.3, -0.25) is 0 Å². The fraction of sp³-hybridized carbons (Fsp3) is 0.636. The lowest BCUT2D eigenvalue weighted by molar-refractivity contribution is 0.483. The largest absolute Gasteiger partial charge is 0.366 e. The average Bonchev–Trinajstić information content (AvgIpc) is 2.19. The van der Waals surface area contributed by atoms with Crippen molar-refractivity contribution in [3.05, 3.63) is 18.3 Å². The van der Waals surface area contributed by atoms with Gasteiger partial charge in [0, 0.05) is 12.2 Å². The molecule has 0 spiro atoms. The Hall–Kier alpha value is -1.12. The highest BCUT2D eigenvalue weighted by Gasteiger charge is 2.07. The van der Waals surface area contributed by atoms with E-state index in [1.807, 2.05) is 12.1 Å². The molecule has 1 heterocycles. The van der Waals surface area contributed by atoms with Crippen LogP contribution in [0.4, 0.5) is 5.82 Å². The Bertz CT molecular complexity index is 248. The minimum absolute atomic E-state index is 0.460. The molecule has 3 nitrogen and oxygen atoms in total. The minimum atomic E-state index is 0.460. The van der Waals surface area contributed by atoms with Gasteiger partial charge in [0.25, 0.3) is 0 Å². The van der Waals surface area contributed by atoms with Crippen LogP contribution in [0.5, 0.6) is 0 Å². The Kier molecular flexibility index (Phi) is 4.36. The predicted molar refractivity (Wildman–Crippen MR) is 59.2 cm³/mol. The molecule has 0 aliphatic carbocycles. The summed E-state index contributed by atoms with van der Waals surface area (Å²) >= 11 is 0. The van der Waals surface area contributed by atoms with E-state index in [1.165, 1.54) is 12.8 Å². The molecule has 0 aromatic carbocycles. The van der Waals surface area contributed by atoms with Crippen molar-refractivity contribution in [2.45, 2.75) is 39.7 Å². The van der Waals surface area contributed by atoms with Crippen LogP contribution in [0, 0.1) is 5.92 Å².